The molecule has 0 saturated carbocycles. The van der Waals surface area contributed by atoms with Gasteiger partial charge in [-0.05, 0) is 46.3 Å². The molecule has 3 nitrogen and oxygen atoms in total. The fourth-order valence-electron chi connectivity index (χ4n) is 2.85. The molecule has 0 atom stereocenters. The standard InChI is InChI=1S/C21H15BrClN3/c22-17-8-4-5-9-19(17)26-20-13-24-21(14-6-2-1-3-7-14)16-12-15(23)10-11-18(16)25-20/h1-12H,13H2,(H,25,26). The highest BCUT2D eigenvalue weighted by molar-refractivity contribution is 9.10. The number of benzene rings is 3. The van der Waals surface area contributed by atoms with Crippen LogP contribution >= 0.6 is 27.5 Å². The molecule has 0 aromatic heterocycles. The molecule has 0 radical (unpaired) electrons. The predicted octanol–water partition coefficient (Wildman–Crippen LogP) is 6.10. The van der Waals surface area contributed by atoms with Crippen LogP contribution in [-0.2, 0) is 0 Å². The first-order valence-electron chi connectivity index (χ1n) is 8.19. The van der Waals surface area contributed by atoms with Gasteiger partial charge in [-0.15, -0.1) is 0 Å². The van der Waals surface area contributed by atoms with Gasteiger partial charge in [0.05, 0.1) is 17.9 Å². The average Bonchev–Trinajstić information content (AvgIpc) is 2.83. The molecule has 4 rings (SSSR count). The van der Waals surface area contributed by atoms with Crippen molar-refractivity contribution in [1.29, 1.82) is 0 Å². The van der Waals surface area contributed by atoms with Gasteiger partial charge in [-0.25, -0.2) is 4.99 Å². The summed E-state index contributed by atoms with van der Waals surface area (Å²) in [6.45, 7) is 0.456. The maximum absolute atomic E-state index is 6.25. The molecule has 0 bridgehead atoms. The Bertz CT molecular complexity index is 1010. The number of benzodiazepines with no additional fused rings is 1. The summed E-state index contributed by atoms with van der Waals surface area (Å²) in [6, 6.07) is 23.8. The van der Waals surface area contributed by atoms with Crippen molar-refractivity contribution >= 4 is 50.5 Å². The van der Waals surface area contributed by atoms with Crippen LogP contribution in [0.2, 0.25) is 5.02 Å². The van der Waals surface area contributed by atoms with Crippen LogP contribution < -0.4 is 5.32 Å². The van der Waals surface area contributed by atoms with Crippen LogP contribution in [0.5, 0.6) is 0 Å². The number of nitrogens with one attached hydrogen (secondary N) is 1. The summed E-state index contributed by atoms with van der Waals surface area (Å²) >= 11 is 9.79. The highest BCUT2D eigenvalue weighted by Gasteiger charge is 2.17. The molecule has 128 valence electrons. The number of halogens is 2. The molecular formula is C21H15BrClN3. The van der Waals surface area contributed by atoms with Crippen molar-refractivity contribution in [2.24, 2.45) is 9.98 Å². The minimum atomic E-state index is 0.456. The lowest BCUT2D eigenvalue weighted by Gasteiger charge is -2.11. The maximum Gasteiger partial charge on any atom is 0.128 e. The Hall–Kier alpha value is -2.43. The quantitative estimate of drug-likeness (QED) is 0.530. The highest BCUT2D eigenvalue weighted by Crippen LogP contribution is 2.28. The molecule has 3 aromatic carbocycles. The van der Waals surface area contributed by atoms with Crippen molar-refractivity contribution in [3.8, 4) is 0 Å². The Morgan fingerprint density at radius 2 is 1.73 bits per heavy atom. The van der Waals surface area contributed by atoms with Gasteiger partial charge in [0.25, 0.3) is 0 Å². The van der Waals surface area contributed by atoms with Crippen LogP contribution in [0.3, 0.4) is 0 Å². The van der Waals surface area contributed by atoms with E-state index in [1.165, 1.54) is 0 Å². The van der Waals surface area contributed by atoms with Crippen LogP contribution in [0, 0.1) is 0 Å². The van der Waals surface area contributed by atoms with E-state index in [1.54, 1.807) is 0 Å². The number of anilines is 1. The largest absolute Gasteiger partial charge is 0.342 e. The molecule has 0 fully saturated rings. The van der Waals surface area contributed by atoms with Crippen molar-refractivity contribution in [1.82, 2.24) is 0 Å². The second-order valence-electron chi connectivity index (χ2n) is 5.86. The molecule has 1 aliphatic rings. The Morgan fingerprint density at radius 3 is 2.54 bits per heavy atom. The van der Waals surface area contributed by atoms with Gasteiger partial charge in [0.2, 0.25) is 0 Å². The van der Waals surface area contributed by atoms with E-state index < -0.39 is 0 Å². The van der Waals surface area contributed by atoms with Gasteiger partial charge in [-0.3, -0.25) is 4.99 Å². The molecule has 1 aliphatic heterocycles. The van der Waals surface area contributed by atoms with Crippen molar-refractivity contribution in [3.63, 3.8) is 0 Å². The van der Waals surface area contributed by atoms with Gasteiger partial charge in [0.15, 0.2) is 0 Å². The number of rotatable bonds is 2. The van der Waals surface area contributed by atoms with Crippen molar-refractivity contribution < 1.29 is 0 Å². The zero-order valence-electron chi connectivity index (χ0n) is 13.8. The van der Waals surface area contributed by atoms with Crippen LogP contribution in [-0.4, -0.2) is 18.1 Å². The molecule has 3 aromatic rings. The Kier molecular flexibility index (Phi) is 4.87. The SMILES string of the molecule is Clc1ccc2c(c1)C(c1ccccc1)=NCC(=Nc1ccccc1Br)N2. The van der Waals surface area contributed by atoms with E-state index in [9.17, 15) is 0 Å². The van der Waals surface area contributed by atoms with E-state index >= 15 is 0 Å². The first kappa shape index (κ1) is 17.0. The highest BCUT2D eigenvalue weighted by atomic mass is 79.9. The maximum atomic E-state index is 6.25. The van der Waals surface area contributed by atoms with E-state index in [-0.39, 0.29) is 0 Å². The predicted molar refractivity (Wildman–Crippen MR) is 113 cm³/mol. The number of hydrogen-bond acceptors (Lipinski definition) is 2. The minimum Gasteiger partial charge on any atom is -0.342 e. The van der Waals surface area contributed by atoms with E-state index in [0.717, 1.165) is 38.5 Å². The normalized spacial score (nSPS) is 15.0. The van der Waals surface area contributed by atoms with Gasteiger partial charge in [-0.2, -0.15) is 0 Å². The van der Waals surface area contributed by atoms with E-state index in [0.29, 0.717) is 11.6 Å². The zero-order valence-corrected chi connectivity index (χ0v) is 16.1. The third-order valence-electron chi connectivity index (χ3n) is 4.06. The monoisotopic (exact) mass is 423 g/mol. The molecule has 1 N–H and O–H groups in total. The lowest BCUT2D eigenvalue weighted by atomic mass is 10.0. The average molecular weight is 425 g/mol. The fourth-order valence-corrected chi connectivity index (χ4v) is 3.39. The van der Waals surface area contributed by atoms with Crippen molar-refractivity contribution in [2.45, 2.75) is 0 Å². The molecule has 0 saturated heterocycles. The van der Waals surface area contributed by atoms with Gasteiger partial charge >= 0.3 is 0 Å². The van der Waals surface area contributed by atoms with E-state index in [4.69, 9.17) is 21.6 Å². The number of para-hydroxylation sites is 1. The number of amidine groups is 1. The third kappa shape index (κ3) is 3.57. The molecule has 0 aliphatic carbocycles. The van der Waals surface area contributed by atoms with Crippen LogP contribution in [0.1, 0.15) is 11.1 Å². The molecule has 0 spiro atoms. The number of hydrogen-bond donors (Lipinski definition) is 1. The van der Waals surface area contributed by atoms with Crippen molar-refractivity contribution in [2.75, 3.05) is 11.9 Å². The second kappa shape index (κ2) is 7.44. The molecule has 5 heteroatoms. The summed E-state index contributed by atoms with van der Waals surface area (Å²) in [4.78, 5) is 9.58. The summed E-state index contributed by atoms with van der Waals surface area (Å²) in [7, 11) is 0. The molecule has 0 unspecified atom stereocenters. The van der Waals surface area contributed by atoms with Gasteiger partial charge in [-0.1, -0.05) is 54.1 Å². The van der Waals surface area contributed by atoms with E-state index in [2.05, 4.69) is 33.4 Å². The summed E-state index contributed by atoms with van der Waals surface area (Å²) in [5.41, 5.74) is 4.75. The smallest absolute Gasteiger partial charge is 0.128 e. The molecule has 1 heterocycles. The Balaban J connectivity index is 1.82. The molecule has 0 amide bonds. The number of fused-ring (bicyclic) bond motifs is 1. The van der Waals surface area contributed by atoms with Gasteiger partial charge in [0.1, 0.15) is 5.84 Å². The summed E-state index contributed by atoms with van der Waals surface area (Å²) in [5.74, 6) is 0.784. The number of aliphatic imine (C=N–C) groups is 2. The summed E-state index contributed by atoms with van der Waals surface area (Å²) < 4.78 is 0.946. The second-order valence-corrected chi connectivity index (χ2v) is 7.15. The minimum absolute atomic E-state index is 0.456. The van der Waals surface area contributed by atoms with Gasteiger partial charge in [0, 0.05) is 26.3 Å². The summed E-state index contributed by atoms with van der Waals surface area (Å²) in [6.07, 6.45) is 0. The van der Waals surface area contributed by atoms with Crippen LogP contribution in [0.15, 0.2) is 87.3 Å². The molecule has 26 heavy (non-hydrogen) atoms. The molecular weight excluding hydrogens is 410 g/mol. The number of nitrogens with zero attached hydrogens (tertiary/aromatic N) is 2. The topological polar surface area (TPSA) is 36.8 Å². The lowest BCUT2D eigenvalue weighted by Crippen LogP contribution is -2.14. The fraction of sp³-hybridized carbons (Fsp3) is 0.0476. The van der Waals surface area contributed by atoms with Crippen LogP contribution in [0.25, 0.3) is 0 Å². The van der Waals surface area contributed by atoms with E-state index in [1.807, 2.05) is 60.7 Å². The van der Waals surface area contributed by atoms with Gasteiger partial charge < -0.3 is 5.32 Å². The Morgan fingerprint density at radius 1 is 0.962 bits per heavy atom. The summed E-state index contributed by atoms with van der Waals surface area (Å²) in [5, 5.41) is 4.10. The third-order valence-corrected chi connectivity index (χ3v) is 4.96. The first-order chi connectivity index (χ1) is 12.7. The zero-order chi connectivity index (χ0) is 17.9. The van der Waals surface area contributed by atoms with Crippen LogP contribution in [0.4, 0.5) is 11.4 Å². The first-order valence-corrected chi connectivity index (χ1v) is 9.37. The Labute approximate surface area is 165 Å². The lowest BCUT2D eigenvalue weighted by molar-refractivity contribution is 1.27. The van der Waals surface area contributed by atoms with Crippen molar-refractivity contribution in [3.05, 3.63) is 93.4 Å².